The van der Waals surface area contributed by atoms with E-state index in [0.29, 0.717) is 17.3 Å². The van der Waals surface area contributed by atoms with Crippen LogP contribution in [0.4, 0.5) is 0 Å². The lowest BCUT2D eigenvalue weighted by molar-refractivity contribution is -0.162. The molecule has 0 saturated carbocycles. The summed E-state index contributed by atoms with van der Waals surface area (Å²) in [6.45, 7) is 4.33. The normalized spacial score (nSPS) is 19.5. The Balaban J connectivity index is 2.10. The van der Waals surface area contributed by atoms with Crippen LogP contribution in [-0.2, 0) is 14.3 Å². The number of halogens is 1. The molecule has 0 spiro atoms. The molecule has 2 atom stereocenters. The number of benzene rings is 1. The molecule has 23 heavy (non-hydrogen) atoms. The van der Waals surface area contributed by atoms with Gasteiger partial charge in [0.2, 0.25) is 0 Å². The first kappa shape index (κ1) is 17.6. The van der Waals surface area contributed by atoms with Gasteiger partial charge in [-0.05, 0) is 24.1 Å². The fourth-order valence-electron chi connectivity index (χ4n) is 2.34. The van der Waals surface area contributed by atoms with Gasteiger partial charge in [0.15, 0.2) is 12.2 Å². The van der Waals surface area contributed by atoms with Crippen LogP contribution in [0.15, 0.2) is 24.3 Å². The maximum atomic E-state index is 12.7. The minimum Gasteiger partial charge on any atom is -0.480 e. The number of ether oxygens (including phenoxy) is 2. The molecule has 0 radical (unpaired) electrons. The van der Waals surface area contributed by atoms with Gasteiger partial charge in [-0.2, -0.15) is 0 Å². The Morgan fingerprint density at radius 2 is 2.17 bits per heavy atom. The lowest BCUT2D eigenvalue weighted by atomic mass is 10.1. The van der Waals surface area contributed by atoms with E-state index in [4.69, 9.17) is 26.2 Å². The summed E-state index contributed by atoms with van der Waals surface area (Å²) in [4.78, 5) is 25.2. The zero-order chi connectivity index (χ0) is 17.0. The van der Waals surface area contributed by atoms with Crippen LogP contribution in [0.1, 0.15) is 13.8 Å². The number of hydrogen-bond acceptors (Lipinski definition) is 4. The summed E-state index contributed by atoms with van der Waals surface area (Å²) >= 11 is 5.93. The molecule has 1 aliphatic rings. The van der Waals surface area contributed by atoms with Crippen molar-refractivity contribution in [1.82, 2.24) is 4.90 Å². The standard InChI is InChI=1S/C16H20ClNO5/c1-10(2)14(23-12-5-3-4-11(17)8-12)15(19)18-6-7-22-13(9-18)16(20)21/h3-5,8,10,13-14H,6-7,9H2,1-2H3,(H,20,21). The molecule has 2 rings (SSSR count). The zero-order valence-electron chi connectivity index (χ0n) is 13.1. The third-order valence-corrected chi connectivity index (χ3v) is 3.80. The van der Waals surface area contributed by atoms with E-state index in [-0.39, 0.29) is 25.0 Å². The third-order valence-electron chi connectivity index (χ3n) is 3.56. The van der Waals surface area contributed by atoms with Crippen LogP contribution in [0.5, 0.6) is 5.75 Å². The lowest BCUT2D eigenvalue weighted by Gasteiger charge is -2.34. The van der Waals surface area contributed by atoms with Crippen molar-refractivity contribution >= 4 is 23.5 Å². The zero-order valence-corrected chi connectivity index (χ0v) is 13.8. The SMILES string of the molecule is CC(C)C(Oc1cccc(Cl)c1)C(=O)N1CCOC(C(=O)O)C1. The van der Waals surface area contributed by atoms with Crippen LogP contribution in [-0.4, -0.2) is 53.8 Å². The lowest BCUT2D eigenvalue weighted by Crippen LogP contribution is -2.53. The van der Waals surface area contributed by atoms with Crippen LogP contribution in [0.3, 0.4) is 0 Å². The van der Waals surface area contributed by atoms with Gasteiger partial charge in [0.1, 0.15) is 5.75 Å². The number of carbonyl (C=O) groups excluding carboxylic acids is 1. The number of amides is 1. The van der Waals surface area contributed by atoms with Gasteiger partial charge >= 0.3 is 5.97 Å². The molecule has 1 aliphatic heterocycles. The second-order valence-electron chi connectivity index (χ2n) is 5.72. The van der Waals surface area contributed by atoms with Crippen LogP contribution in [0.2, 0.25) is 5.02 Å². The molecule has 0 bridgehead atoms. The molecule has 0 aromatic heterocycles. The van der Waals surface area contributed by atoms with Crippen molar-refractivity contribution in [3.8, 4) is 5.75 Å². The van der Waals surface area contributed by atoms with Crippen LogP contribution < -0.4 is 4.74 Å². The van der Waals surface area contributed by atoms with Gasteiger partial charge in [-0.3, -0.25) is 4.79 Å². The average Bonchev–Trinajstić information content (AvgIpc) is 2.52. The van der Waals surface area contributed by atoms with E-state index in [2.05, 4.69) is 0 Å². The van der Waals surface area contributed by atoms with Gasteiger partial charge in [0.25, 0.3) is 5.91 Å². The highest BCUT2D eigenvalue weighted by Gasteiger charge is 2.34. The highest BCUT2D eigenvalue weighted by atomic mass is 35.5. The number of morpholine rings is 1. The van der Waals surface area contributed by atoms with E-state index < -0.39 is 18.2 Å². The summed E-state index contributed by atoms with van der Waals surface area (Å²) in [5.41, 5.74) is 0. The van der Waals surface area contributed by atoms with Crippen molar-refractivity contribution in [2.24, 2.45) is 5.92 Å². The van der Waals surface area contributed by atoms with E-state index >= 15 is 0 Å². The molecule has 1 fully saturated rings. The van der Waals surface area contributed by atoms with Crippen molar-refractivity contribution in [3.05, 3.63) is 29.3 Å². The summed E-state index contributed by atoms with van der Waals surface area (Å²) in [6, 6.07) is 6.84. The second kappa shape index (κ2) is 7.66. The summed E-state index contributed by atoms with van der Waals surface area (Å²) in [7, 11) is 0. The minimum absolute atomic E-state index is 0.0241. The number of aliphatic carboxylic acids is 1. The Morgan fingerprint density at radius 1 is 1.43 bits per heavy atom. The van der Waals surface area contributed by atoms with E-state index in [0.717, 1.165) is 0 Å². The molecule has 1 heterocycles. The monoisotopic (exact) mass is 341 g/mol. The largest absolute Gasteiger partial charge is 0.480 e. The predicted molar refractivity (Wildman–Crippen MR) is 84.7 cm³/mol. The fraction of sp³-hybridized carbons (Fsp3) is 0.500. The number of carbonyl (C=O) groups is 2. The molecule has 1 N–H and O–H groups in total. The van der Waals surface area contributed by atoms with Crippen molar-refractivity contribution in [3.63, 3.8) is 0 Å². The molecular formula is C16H20ClNO5. The smallest absolute Gasteiger partial charge is 0.334 e. The Morgan fingerprint density at radius 3 is 2.78 bits per heavy atom. The third kappa shape index (κ3) is 4.59. The van der Waals surface area contributed by atoms with Gasteiger partial charge in [0.05, 0.1) is 13.2 Å². The fourth-order valence-corrected chi connectivity index (χ4v) is 2.52. The van der Waals surface area contributed by atoms with Crippen LogP contribution >= 0.6 is 11.6 Å². The maximum Gasteiger partial charge on any atom is 0.334 e. The Labute approximate surface area is 139 Å². The quantitative estimate of drug-likeness (QED) is 0.887. The molecule has 126 valence electrons. The molecule has 1 aromatic rings. The highest BCUT2D eigenvalue weighted by molar-refractivity contribution is 6.30. The van der Waals surface area contributed by atoms with Gasteiger partial charge in [-0.15, -0.1) is 0 Å². The Hall–Kier alpha value is -1.79. The Kier molecular flexibility index (Phi) is 5.85. The van der Waals surface area contributed by atoms with Gasteiger partial charge in [-0.1, -0.05) is 31.5 Å². The number of rotatable bonds is 5. The number of hydrogen-bond donors (Lipinski definition) is 1. The van der Waals surface area contributed by atoms with Gasteiger partial charge in [-0.25, -0.2) is 4.79 Å². The summed E-state index contributed by atoms with van der Waals surface area (Å²) in [5, 5.41) is 9.57. The predicted octanol–water partition coefficient (Wildman–Crippen LogP) is 2.06. The summed E-state index contributed by atoms with van der Waals surface area (Å²) < 4.78 is 10.9. The van der Waals surface area contributed by atoms with Crippen molar-refractivity contribution < 1.29 is 24.2 Å². The first-order valence-corrected chi connectivity index (χ1v) is 7.81. The molecule has 1 saturated heterocycles. The number of carboxylic acids is 1. The molecular weight excluding hydrogens is 322 g/mol. The Bertz CT molecular complexity index is 577. The van der Waals surface area contributed by atoms with Gasteiger partial charge < -0.3 is 19.5 Å². The second-order valence-corrected chi connectivity index (χ2v) is 6.16. The van der Waals surface area contributed by atoms with Crippen molar-refractivity contribution in [1.29, 1.82) is 0 Å². The minimum atomic E-state index is -1.07. The topological polar surface area (TPSA) is 76.1 Å². The van der Waals surface area contributed by atoms with E-state index in [9.17, 15) is 9.59 Å². The molecule has 6 nitrogen and oxygen atoms in total. The first-order valence-electron chi connectivity index (χ1n) is 7.44. The number of nitrogens with zero attached hydrogens (tertiary/aromatic N) is 1. The maximum absolute atomic E-state index is 12.7. The summed E-state index contributed by atoms with van der Waals surface area (Å²) in [6.07, 6.45) is -1.70. The van der Waals surface area contributed by atoms with Crippen LogP contribution in [0.25, 0.3) is 0 Å². The molecule has 0 aliphatic carbocycles. The molecule has 1 aromatic carbocycles. The van der Waals surface area contributed by atoms with E-state index in [1.54, 1.807) is 24.3 Å². The van der Waals surface area contributed by atoms with Crippen molar-refractivity contribution in [2.75, 3.05) is 19.7 Å². The highest BCUT2D eigenvalue weighted by Crippen LogP contribution is 2.22. The van der Waals surface area contributed by atoms with Gasteiger partial charge in [0, 0.05) is 11.6 Å². The van der Waals surface area contributed by atoms with E-state index in [1.807, 2.05) is 13.8 Å². The summed E-state index contributed by atoms with van der Waals surface area (Å²) in [5.74, 6) is -0.880. The molecule has 2 unspecified atom stereocenters. The van der Waals surface area contributed by atoms with E-state index in [1.165, 1.54) is 4.90 Å². The first-order chi connectivity index (χ1) is 10.9. The number of carboxylic acid groups (broad SMARTS) is 1. The molecule has 1 amide bonds. The average molecular weight is 342 g/mol. The van der Waals surface area contributed by atoms with Crippen molar-refractivity contribution in [2.45, 2.75) is 26.1 Å². The molecule has 7 heteroatoms. The van der Waals surface area contributed by atoms with Crippen LogP contribution in [0, 0.1) is 5.92 Å².